The van der Waals surface area contributed by atoms with E-state index in [2.05, 4.69) is 30.6 Å². The van der Waals surface area contributed by atoms with E-state index in [0.29, 0.717) is 12.2 Å². The number of thiophene rings is 1. The van der Waals surface area contributed by atoms with Crippen molar-refractivity contribution in [2.75, 3.05) is 12.3 Å². The summed E-state index contributed by atoms with van der Waals surface area (Å²) in [5.74, 6) is -0.0953. The molecule has 1 heterocycles. The van der Waals surface area contributed by atoms with Crippen LogP contribution in [0.5, 0.6) is 0 Å². The summed E-state index contributed by atoms with van der Waals surface area (Å²) >= 11 is 1.71. The first-order valence-electron chi connectivity index (χ1n) is 6.83. The second kappa shape index (κ2) is 6.59. The number of rotatable bonds is 5. The zero-order valence-electron chi connectivity index (χ0n) is 12.3. The molecule has 0 aliphatic carbocycles. The SMILES string of the molecule is CC(C)(CNC(=O)/C=C/c1cccc(N)c1)c1cccs1. The monoisotopic (exact) mass is 300 g/mol. The number of anilines is 1. The Hall–Kier alpha value is -2.07. The first-order valence-corrected chi connectivity index (χ1v) is 7.71. The highest BCUT2D eigenvalue weighted by Gasteiger charge is 2.21. The van der Waals surface area contributed by atoms with Crippen molar-refractivity contribution in [2.24, 2.45) is 0 Å². The van der Waals surface area contributed by atoms with Gasteiger partial charge in [-0.2, -0.15) is 0 Å². The van der Waals surface area contributed by atoms with Crippen molar-refractivity contribution in [1.82, 2.24) is 5.32 Å². The van der Waals surface area contributed by atoms with Crippen LogP contribution in [-0.2, 0) is 10.2 Å². The van der Waals surface area contributed by atoms with E-state index in [1.54, 1.807) is 23.5 Å². The number of nitrogen functional groups attached to an aromatic ring is 1. The predicted octanol–water partition coefficient (Wildman–Crippen LogP) is 3.44. The lowest BCUT2D eigenvalue weighted by Gasteiger charge is -2.23. The zero-order chi connectivity index (χ0) is 15.3. The second-order valence-corrected chi connectivity index (χ2v) is 6.53. The lowest BCUT2D eigenvalue weighted by atomic mass is 9.91. The van der Waals surface area contributed by atoms with E-state index in [0.717, 1.165) is 5.56 Å². The fourth-order valence-corrected chi connectivity index (χ4v) is 2.80. The van der Waals surface area contributed by atoms with Crippen LogP contribution in [0, 0.1) is 0 Å². The van der Waals surface area contributed by atoms with Crippen LogP contribution < -0.4 is 11.1 Å². The fourth-order valence-electron chi connectivity index (χ4n) is 1.95. The third-order valence-electron chi connectivity index (χ3n) is 3.23. The Morgan fingerprint density at radius 2 is 2.14 bits per heavy atom. The molecule has 0 saturated carbocycles. The van der Waals surface area contributed by atoms with Gasteiger partial charge in [-0.05, 0) is 35.2 Å². The highest BCUT2D eigenvalue weighted by molar-refractivity contribution is 7.10. The standard InChI is InChI=1S/C17H20N2OS/c1-17(2,15-7-4-10-21-15)12-19-16(20)9-8-13-5-3-6-14(18)11-13/h3-11H,12,18H2,1-2H3,(H,19,20)/b9-8+. The minimum atomic E-state index is -0.0953. The molecule has 2 rings (SSSR count). The molecule has 4 heteroatoms. The van der Waals surface area contributed by atoms with Crippen LogP contribution in [0.4, 0.5) is 5.69 Å². The average molecular weight is 300 g/mol. The summed E-state index contributed by atoms with van der Waals surface area (Å²) in [6, 6.07) is 11.6. The van der Waals surface area contributed by atoms with Gasteiger partial charge in [-0.15, -0.1) is 11.3 Å². The van der Waals surface area contributed by atoms with Crippen molar-refractivity contribution in [3.8, 4) is 0 Å². The molecule has 0 aliphatic rings. The number of amides is 1. The molecule has 1 aromatic heterocycles. The summed E-state index contributed by atoms with van der Waals surface area (Å²) in [6.07, 6.45) is 3.31. The molecule has 0 radical (unpaired) electrons. The maximum Gasteiger partial charge on any atom is 0.244 e. The Kier molecular flexibility index (Phi) is 4.81. The van der Waals surface area contributed by atoms with Gasteiger partial charge in [0, 0.05) is 28.6 Å². The van der Waals surface area contributed by atoms with Crippen LogP contribution in [0.1, 0.15) is 24.3 Å². The number of hydrogen-bond donors (Lipinski definition) is 2. The van der Waals surface area contributed by atoms with E-state index >= 15 is 0 Å². The largest absolute Gasteiger partial charge is 0.399 e. The van der Waals surface area contributed by atoms with E-state index < -0.39 is 0 Å². The number of nitrogens with two attached hydrogens (primary N) is 1. The van der Waals surface area contributed by atoms with E-state index in [1.807, 2.05) is 30.3 Å². The maximum absolute atomic E-state index is 11.9. The van der Waals surface area contributed by atoms with E-state index in [-0.39, 0.29) is 11.3 Å². The minimum absolute atomic E-state index is 0.0607. The summed E-state index contributed by atoms with van der Waals surface area (Å²) in [7, 11) is 0. The molecule has 0 aliphatic heterocycles. The first kappa shape index (κ1) is 15.3. The molecule has 2 aromatic rings. The molecule has 1 aromatic carbocycles. The topological polar surface area (TPSA) is 55.1 Å². The van der Waals surface area contributed by atoms with Crippen molar-refractivity contribution in [3.05, 3.63) is 58.3 Å². The van der Waals surface area contributed by atoms with Gasteiger partial charge in [0.25, 0.3) is 0 Å². The summed E-state index contributed by atoms with van der Waals surface area (Å²) in [6.45, 7) is 4.86. The number of carbonyl (C=O) groups is 1. The second-order valence-electron chi connectivity index (χ2n) is 5.58. The van der Waals surface area contributed by atoms with Gasteiger partial charge in [0.05, 0.1) is 0 Å². The van der Waals surface area contributed by atoms with Gasteiger partial charge in [-0.1, -0.05) is 32.0 Å². The van der Waals surface area contributed by atoms with Crippen LogP contribution >= 0.6 is 11.3 Å². The van der Waals surface area contributed by atoms with Crippen LogP contribution in [-0.4, -0.2) is 12.5 Å². The van der Waals surface area contributed by atoms with E-state index in [9.17, 15) is 4.79 Å². The molecule has 110 valence electrons. The normalized spacial score (nSPS) is 11.7. The van der Waals surface area contributed by atoms with Crippen molar-refractivity contribution in [2.45, 2.75) is 19.3 Å². The molecule has 0 bridgehead atoms. The molecular formula is C17H20N2OS. The van der Waals surface area contributed by atoms with Gasteiger partial charge >= 0.3 is 0 Å². The fraction of sp³-hybridized carbons (Fsp3) is 0.235. The number of hydrogen-bond acceptors (Lipinski definition) is 3. The van der Waals surface area contributed by atoms with Gasteiger partial charge in [0.1, 0.15) is 0 Å². The van der Waals surface area contributed by atoms with Crippen molar-refractivity contribution in [3.63, 3.8) is 0 Å². The highest BCUT2D eigenvalue weighted by Crippen LogP contribution is 2.26. The van der Waals surface area contributed by atoms with E-state index in [1.165, 1.54) is 4.88 Å². The lowest BCUT2D eigenvalue weighted by molar-refractivity contribution is -0.116. The maximum atomic E-state index is 11.9. The molecular weight excluding hydrogens is 280 g/mol. The van der Waals surface area contributed by atoms with Crippen LogP contribution in [0.3, 0.4) is 0 Å². The summed E-state index contributed by atoms with van der Waals surface area (Å²) in [5, 5.41) is 5.00. The third-order valence-corrected chi connectivity index (χ3v) is 4.47. The van der Waals surface area contributed by atoms with E-state index in [4.69, 9.17) is 5.73 Å². The molecule has 0 fully saturated rings. The third kappa shape index (κ3) is 4.46. The first-order chi connectivity index (χ1) is 9.97. The zero-order valence-corrected chi connectivity index (χ0v) is 13.1. The van der Waals surface area contributed by atoms with Gasteiger partial charge in [-0.3, -0.25) is 4.79 Å². The van der Waals surface area contributed by atoms with Crippen molar-refractivity contribution < 1.29 is 4.79 Å². The molecule has 21 heavy (non-hydrogen) atoms. The smallest absolute Gasteiger partial charge is 0.244 e. The Balaban J connectivity index is 1.90. The summed E-state index contributed by atoms with van der Waals surface area (Å²) in [5.41, 5.74) is 7.25. The van der Waals surface area contributed by atoms with Gasteiger partial charge in [-0.25, -0.2) is 0 Å². The Bertz CT molecular complexity index is 630. The van der Waals surface area contributed by atoms with Crippen molar-refractivity contribution in [1.29, 1.82) is 0 Å². The molecule has 0 spiro atoms. The molecule has 3 N–H and O–H groups in total. The minimum Gasteiger partial charge on any atom is -0.399 e. The number of benzene rings is 1. The predicted molar refractivity (Wildman–Crippen MR) is 90.2 cm³/mol. The Labute approximate surface area is 129 Å². The summed E-state index contributed by atoms with van der Waals surface area (Å²) < 4.78 is 0. The van der Waals surface area contributed by atoms with Crippen molar-refractivity contribution >= 4 is 29.0 Å². The Morgan fingerprint density at radius 1 is 1.33 bits per heavy atom. The van der Waals surface area contributed by atoms with Crippen LogP contribution in [0.15, 0.2) is 47.9 Å². The molecule has 0 saturated heterocycles. The van der Waals surface area contributed by atoms with Crippen LogP contribution in [0.25, 0.3) is 6.08 Å². The van der Waals surface area contributed by atoms with Gasteiger partial charge < -0.3 is 11.1 Å². The van der Waals surface area contributed by atoms with Crippen LogP contribution in [0.2, 0.25) is 0 Å². The highest BCUT2D eigenvalue weighted by atomic mass is 32.1. The number of carbonyl (C=O) groups excluding carboxylic acids is 1. The quantitative estimate of drug-likeness (QED) is 0.656. The lowest BCUT2D eigenvalue weighted by Crippen LogP contribution is -2.35. The molecule has 0 unspecified atom stereocenters. The molecule has 1 amide bonds. The summed E-state index contributed by atoms with van der Waals surface area (Å²) in [4.78, 5) is 13.2. The van der Waals surface area contributed by atoms with Gasteiger partial charge in [0.2, 0.25) is 5.91 Å². The van der Waals surface area contributed by atoms with Gasteiger partial charge in [0.15, 0.2) is 0 Å². The Morgan fingerprint density at radius 3 is 2.81 bits per heavy atom. The number of nitrogens with one attached hydrogen (secondary N) is 1. The molecule has 0 atom stereocenters. The average Bonchev–Trinajstić information content (AvgIpc) is 2.98. The molecule has 3 nitrogen and oxygen atoms in total.